The summed E-state index contributed by atoms with van der Waals surface area (Å²) in [5.41, 5.74) is 1.21. The Kier molecular flexibility index (Phi) is 6.15. The fourth-order valence-corrected chi connectivity index (χ4v) is 1.84. The molecule has 2 N–H and O–H groups in total. The number of amides is 3. The molecule has 3 amide bonds. The van der Waals surface area contributed by atoms with Crippen LogP contribution in [0.25, 0.3) is 11.1 Å². The lowest BCUT2D eigenvalue weighted by molar-refractivity contribution is -0.148. The molecule has 140 valence electrons. The first-order chi connectivity index (χ1) is 12.2. The van der Waals surface area contributed by atoms with Crippen molar-refractivity contribution in [1.82, 2.24) is 15.6 Å². The second-order valence-corrected chi connectivity index (χ2v) is 5.08. The summed E-state index contributed by atoms with van der Waals surface area (Å²) in [7, 11) is 0. The molecule has 0 radical (unpaired) electrons. The van der Waals surface area contributed by atoms with Crippen LogP contribution >= 0.6 is 0 Å². The SMILES string of the molecule is O=C(COC(=O)CCc1nc2ccccc2o1)NC(=O)NCC(F)(F)F. The van der Waals surface area contributed by atoms with Gasteiger partial charge in [-0.25, -0.2) is 9.78 Å². The number of rotatable bonds is 6. The minimum absolute atomic E-state index is 0.125. The summed E-state index contributed by atoms with van der Waals surface area (Å²) in [4.78, 5) is 38.1. The number of carbonyl (C=O) groups excluding carboxylic acids is 3. The second kappa shape index (κ2) is 8.32. The van der Waals surface area contributed by atoms with Crippen molar-refractivity contribution in [3.05, 3.63) is 30.2 Å². The number of hydrogen-bond acceptors (Lipinski definition) is 6. The van der Waals surface area contributed by atoms with Crippen LogP contribution in [-0.2, 0) is 20.7 Å². The molecule has 8 nitrogen and oxygen atoms in total. The summed E-state index contributed by atoms with van der Waals surface area (Å²) < 4.78 is 45.7. The third kappa shape index (κ3) is 6.42. The minimum Gasteiger partial charge on any atom is -0.456 e. The van der Waals surface area contributed by atoms with Gasteiger partial charge in [-0.3, -0.25) is 14.9 Å². The maximum atomic E-state index is 11.9. The third-order valence-electron chi connectivity index (χ3n) is 2.95. The zero-order valence-electron chi connectivity index (χ0n) is 13.3. The number of imide groups is 1. The molecule has 0 aliphatic rings. The number of benzene rings is 1. The zero-order valence-corrected chi connectivity index (χ0v) is 13.3. The van der Waals surface area contributed by atoms with E-state index in [4.69, 9.17) is 4.42 Å². The van der Waals surface area contributed by atoms with Crippen LogP contribution in [0.15, 0.2) is 28.7 Å². The Balaban J connectivity index is 1.67. The predicted molar refractivity (Wildman–Crippen MR) is 80.9 cm³/mol. The van der Waals surface area contributed by atoms with Gasteiger partial charge in [-0.1, -0.05) is 12.1 Å². The molecule has 2 aromatic rings. The fraction of sp³-hybridized carbons (Fsp3) is 0.333. The van der Waals surface area contributed by atoms with Crippen LogP contribution in [0.2, 0.25) is 0 Å². The standard InChI is InChI=1S/C15H14F3N3O5/c16-15(17,18)8-19-14(24)21-11(22)7-25-13(23)6-5-12-20-9-3-1-2-4-10(9)26-12/h1-4H,5-8H2,(H2,19,21,22,24). The Labute approximate surface area is 144 Å². The van der Waals surface area contributed by atoms with Gasteiger partial charge in [-0.15, -0.1) is 0 Å². The number of fused-ring (bicyclic) bond motifs is 1. The molecule has 0 aliphatic carbocycles. The van der Waals surface area contributed by atoms with E-state index in [9.17, 15) is 27.6 Å². The number of oxazole rings is 1. The number of alkyl halides is 3. The molecule has 0 aliphatic heterocycles. The highest BCUT2D eigenvalue weighted by Crippen LogP contribution is 2.15. The molecule has 0 saturated heterocycles. The average molecular weight is 373 g/mol. The van der Waals surface area contributed by atoms with Crippen molar-refractivity contribution >= 4 is 29.0 Å². The van der Waals surface area contributed by atoms with Crippen molar-refractivity contribution in [2.24, 2.45) is 0 Å². The van der Waals surface area contributed by atoms with Gasteiger partial charge < -0.3 is 14.5 Å². The minimum atomic E-state index is -4.60. The number of para-hydroxylation sites is 2. The molecule has 0 saturated carbocycles. The Hall–Kier alpha value is -3.11. The molecule has 1 heterocycles. The molecule has 2 rings (SSSR count). The summed E-state index contributed by atoms with van der Waals surface area (Å²) in [6.07, 6.45) is -4.58. The van der Waals surface area contributed by atoms with Gasteiger partial charge in [0.25, 0.3) is 5.91 Å². The largest absolute Gasteiger partial charge is 0.456 e. The van der Waals surface area contributed by atoms with Crippen molar-refractivity contribution < 1.29 is 36.7 Å². The molecule has 0 fully saturated rings. The summed E-state index contributed by atoms with van der Waals surface area (Å²) in [5, 5.41) is 3.05. The molecule has 26 heavy (non-hydrogen) atoms. The third-order valence-corrected chi connectivity index (χ3v) is 2.95. The molecule has 0 bridgehead atoms. The maximum Gasteiger partial charge on any atom is 0.405 e. The van der Waals surface area contributed by atoms with Crippen molar-refractivity contribution in [3.63, 3.8) is 0 Å². The highest BCUT2D eigenvalue weighted by atomic mass is 19.4. The highest BCUT2D eigenvalue weighted by molar-refractivity contribution is 5.95. The van der Waals surface area contributed by atoms with E-state index in [0.29, 0.717) is 17.0 Å². The summed E-state index contributed by atoms with van der Waals surface area (Å²) in [6.45, 7) is -2.39. The fourth-order valence-electron chi connectivity index (χ4n) is 1.84. The van der Waals surface area contributed by atoms with Crippen LogP contribution in [-0.4, -0.2) is 42.2 Å². The van der Waals surface area contributed by atoms with Crippen molar-refractivity contribution in [2.75, 3.05) is 13.2 Å². The van der Waals surface area contributed by atoms with Crippen LogP contribution < -0.4 is 10.6 Å². The van der Waals surface area contributed by atoms with Gasteiger partial charge in [-0.05, 0) is 12.1 Å². The maximum absolute atomic E-state index is 11.9. The van der Waals surface area contributed by atoms with Gasteiger partial charge in [0.1, 0.15) is 12.1 Å². The van der Waals surface area contributed by atoms with Crippen LogP contribution in [0.1, 0.15) is 12.3 Å². The van der Waals surface area contributed by atoms with Gasteiger partial charge >= 0.3 is 18.2 Å². The Bertz CT molecular complexity index is 770. The highest BCUT2D eigenvalue weighted by Gasteiger charge is 2.28. The Morgan fingerprint density at radius 3 is 2.62 bits per heavy atom. The Morgan fingerprint density at radius 1 is 1.19 bits per heavy atom. The molecule has 11 heteroatoms. The number of aryl methyl sites for hydroxylation is 1. The average Bonchev–Trinajstić information content (AvgIpc) is 2.98. The lowest BCUT2D eigenvalue weighted by atomic mass is 10.3. The number of nitrogens with one attached hydrogen (secondary N) is 2. The molecule has 0 atom stereocenters. The zero-order chi connectivity index (χ0) is 19.2. The van der Waals surface area contributed by atoms with E-state index in [1.165, 1.54) is 5.32 Å². The smallest absolute Gasteiger partial charge is 0.405 e. The van der Waals surface area contributed by atoms with E-state index in [1.54, 1.807) is 29.6 Å². The topological polar surface area (TPSA) is 111 Å². The van der Waals surface area contributed by atoms with Gasteiger partial charge in [-0.2, -0.15) is 13.2 Å². The van der Waals surface area contributed by atoms with Crippen LogP contribution in [0.5, 0.6) is 0 Å². The number of nitrogens with zero attached hydrogens (tertiary/aromatic N) is 1. The van der Waals surface area contributed by atoms with Crippen LogP contribution in [0.4, 0.5) is 18.0 Å². The molecule has 1 aromatic heterocycles. The van der Waals surface area contributed by atoms with Gasteiger partial charge in [0.05, 0.1) is 6.42 Å². The van der Waals surface area contributed by atoms with Crippen molar-refractivity contribution in [1.29, 1.82) is 0 Å². The van der Waals surface area contributed by atoms with E-state index in [2.05, 4.69) is 9.72 Å². The quantitative estimate of drug-likeness (QED) is 0.746. The number of carbonyl (C=O) groups is 3. The van der Waals surface area contributed by atoms with Crippen molar-refractivity contribution in [3.8, 4) is 0 Å². The number of halogens is 3. The predicted octanol–water partition coefficient (Wildman–Crippen LogP) is 1.69. The van der Waals surface area contributed by atoms with Crippen LogP contribution in [0.3, 0.4) is 0 Å². The summed E-state index contributed by atoms with van der Waals surface area (Å²) >= 11 is 0. The van der Waals surface area contributed by atoms with Gasteiger partial charge in [0.2, 0.25) is 0 Å². The lowest BCUT2D eigenvalue weighted by Gasteiger charge is -2.09. The monoisotopic (exact) mass is 373 g/mol. The molecule has 0 unspecified atom stereocenters. The van der Waals surface area contributed by atoms with E-state index in [1.807, 2.05) is 0 Å². The Morgan fingerprint density at radius 2 is 1.92 bits per heavy atom. The lowest BCUT2D eigenvalue weighted by Crippen LogP contribution is -2.44. The second-order valence-electron chi connectivity index (χ2n) is 5.08. The molecule has 1 aromatic carbocycles. The number of esters is 1. The number of aromatic nitrogens is 1. The first kappa shape index (κ1) is 19.2. The van der Waals surface area contributed by atoms with Gasteiger partial charge in [0.15, 0.2) is 18.1 Å². The van der Waals surface area contributed by atoms with Crippen molar-refractivity contribution in [2.45, 2.75) is 19.0 Å². The summed E-state index contributed by atoms with van der Waals surface area (Å²) in [6, 6.07) is 5.68. The number of ether oxygens (including phenoxy) is 1. The molecular weight excluding hydrogens is 359 g/mol. The number of hydrogen-bond donors (Lipinski definition) is 2. The first-order valence-electron chi connectivity index (χ1n) is 7.37. The van der Waals surface area contributed by atoms with Crippen LogP contribution in [0, 0.1) is 0 Å². The molecule has 0 spiro atoms. The first-order valence-corrected chi connectivity index (χ1v) is 7.37. The summed E-state index contributed by atoms with van der Waals surface area (Å²) in [5.74, 6) is -1.49. The normalized spacial score (nSPS) is 11.2. The van der Waals surface area contributed by atoms with Gasteiger partial charge in [0, 0.05) is 6.42 Å². The number of urea groups is 1. The molecular formula is C15H14F3N3O5. The van der Waals surface area contributed by atoms with E-state index in [-0.39, 0.29) is 12.8 Å². The van der Waals surface area contributed by atoms with E-state index < -0.39 is 37.2 Å². The van der Waals surface area contributed by atoms with E-state index >= 15 is 0 Å². The van der Waals surface area contributed by atoms with E-state index in [0.717, 1.165) is 0 Å².